The zero-order valence-electron chi connectivity index (χ0n) is 39.4. The minimum absolute atomic E-state index is 0.262. The van der Waals surface area contributed by atoms with Gasteiger partial charge >= 0.3 is 0 Å². The molecule has 4 heteroatoms. The maximum atomic E-state index is 12.8. The van der Waals surface area contributed by atoms with Crippen molar-refractivity contribution in [2.24, 2.45) is 0 Å². The molecule has 0 amide bonds. The molecule has 0 aromatic heterocycles. The lowest BCUT2D eigenvalue weighted by Gasteiger charge is -2.29. The predicted octanol–water partition coefficient (Wildman–Crippen LogP) is 15.5. The number of hydrogen-bond acceptors (Lipinski definition) is 4. The number of hydrogen-bond donors (Lipinski definition) is 2. The minimum atomic E-state index is 0.262. The second kappa shape index (κ2) is 18.4. The van der Waals surface area contributed by atoms with Crippen molar-refractivity contribution < 1.29 is 14.9 Å². The molecule has 0 radical (unpaired) electrons. The lowest BCUT2D eigenvalue weighted by molar-refractivity contribution is 0.206. The second-order valence-corrected chi connectivity index (χ2v) is 19.1. The number of aromatic hydroxyl groups is 2. The van der Waals surface area contributed by atoms with Crippen molar-refractivity contribution in [1.82, 2.24) is 0 Å². The summed E-state index contributed by atoms with van der Waals surface area (Å²) in [7, 11) is 3.82. The van der Waals surface area contributed by atoms with Crippen molar-refractivity contribution in [2.45, 2.75) is 139 Å². The molecule has 0 bridgehead atoms. The van der Waals surface area contributed by atoms with Crippen LogP contribution in [-0.4, -0.2) is 37.5 Å². The highest BCUT2D eigenvalue weighted by Gasteiger charge is 2.28. The first-order valence-corrected chi connectivity index (χ1v) is 22.1. The van der Waals surface area contributed by atoms with E-state index in [9.17, 15) is 10.2 Å². The fourth-order valence-corrected chi connectivity index (χ4v) is 8.82. The number of anilines is 1. The Kier molecular flexibility index (Phi) is 14.2. The molecule has 0 heterocycles. The monoisotopic (exact) mass is 796 g/mol. The summed E-state index contributed by atoms with van der Waals surface area (Å²) in [6, 6.07) is 22.4. The average Bonchev–Trinajstić information content (AvgIpc) is 3.16. The number of benzene rings is 5. The van der Waals surface area contributed by atoms with Gasteiger partial charge in [-0.25, -0.2) is 0 Å². The molecule has 5 rings (SSSR count). The van der Waals surface area contributed by atoms with Crippen molar-refractivity contribution in [1.29, 1.82) is 0 Å². The van der Waals surface area contributed by atoms with E-state index in [2.05, 4.69) is 176 Å². The molecule has 4 nitrogen and oxygen atoms in total. The van der Waals surface area contributed by atoms with Crippen LogP contribution in [0.3, 0.4) is 0 Å². The van der Waals surface area contributed by atoms with Crippen LogP contribution in [0.4, 0.5) is 5.69 Å². The van der Waals surface area contributed by atoms with Crippen LogP contribution in [0.5, 0.6) is 11.5 Å². The fraction of sp³-hybridized carbons (Fsp3) is 0.455. The Labute approximate surface area is 357 Å². The molecule has 0 unspecified atom stereocenters. The average molecular weight is 796 g/mol. The smallest absolute Gasteiger partial charge is 0.131 e. The fourth-order valence-electron chi connectivity index (χ4n) is 8.82. The number of aryl methyl sites for hydroxylation is 3. The van der Waals surface area contributed by atoms with Gasteiger partial charge in [-0.3, -0.25) is 0 Å². The molecular weight excluding hydrogens is 723 g/mol. The van der Waals surface area contributed by atoms with Crippen molar-refractivity contribution >= 4 is 5.69 Å². The summed E-state index contributed by atoms with van der Waals surface area (Å²) in [6.07, 6.45) is 0. The number of phenolic OH excluding ortho intramolecular Hbond substituents is 2. The number of nitrogens with zero attached hydrogens (tertiary/aromatic N) is 1. The standard InChI is InChI=1S/C55H73NO3/c1-30(2)39-26-41(32(5)6)51(42(27-39)33(7)8)49-24-37(14)22-47(54(49)57)45-20-36(13)21-46(53(45)56(16)18-19-59-17)48-23-38(15)25-50(55(48)58)52-43(34(9)10)28-40(31(3)4)29-44(52)35(11)12/h20-35,57-58H,18-19H2,1-17H3. The van der Waals surface area contributed by atoms with E-state index in [0.717, 1.165) is 66.9 Å². The van der Waals surface area contributed by atoms with E-state index in [1.54, 1.807) is 7.11 Å². The quantitative estimate of drug-likeness (QED) is 0.118. The summed E-state index contributed by atoms with van der Waals surface area (Å²) in [6.45, 7) is 34.6. The Bertz CT molecular complexity index is 2090. The highest BCUT2D eigenvalue weighted by Crippen LogP contribution is 2.52. The number of rotatable bonds is 14. The number of ether oxygens (including phenoxy) is 1. The summed E-state index contributed by atoms with van der Waals surface area (Å²) in [5.74, 6) is 2.38. The van der Waals surface area contributed by atoms with Crippen molar-refractivity contribution in [2.75, 3.05) is 32.2 Å². The predicted molar refractivity (Wildman–Crippen MR) is 255 cm³/mol. The van der Waals surface area contributed by atoms with Gasteiger partial charge in [0.05, 0.1) is 12.3 Å². The van der Waals surface area contributed by atoms with Gasteiger partial charge in [0, 0.05) is 54.1 Å². The van der Waals surface area contributed by atoms with Crippen LogP contribution in [0, 0.1) is 20.8 Å². The molecule has 0 aliphatic heterocycles. The van der Waals surface area contributed by atoms with E-state index in [1.165, 1.54) is 33.4 Å². The van der Waals surface area contributed by atoms with E-state index >= 15 is 0 Å². The van der Waals surface area contributed by atoms with Crippen LogP contribution in [0.25, 0.3) is 44.5 Å². The van der Waals surface area contributed by atoms with Gasteiger partial charge in [0.25, 0.3) is 0 Å². The second-order valence-electron chi connectivity index (χ2n) is 19.1. The summed E-state index contributed by atoms with van der Waals surface area (Å²) < 4.78 is 5.64. The first-order chi connectivity index (χ1) is 27.7. The highest BCUT2D eigenvalue weighted by atomic mass is 16.5. The molecule has 316 valence electrons. The molecule has 0 aliphatic rings. The molecule has 0 fully saturated rings. The summed E-state index contributed by atoms with van der Waals surface area (Å²) in [5.41, 5.74) is 19.2. The van der Waals surface area contributed by atoms with E-state index in [-0.39, 0.29) is 35.2 Å². The lowest BCUT2D eigenvalue weighted by Crippen LogP contribution is -2.23. The van der Waals surface area contributed by atoms with Crippen LogP contribution in [0.15, 0.2) is 60.7 Å². The SMILES string of the molecule is COCCN(C)c1c(-c2cc(C)cc(-c3c(C(C)C)cc(C(C)C)cc3C(C)C)c2O)cc(C)cc1-c1cc(C)cc(-c2c(C(C)C)cc(C(C)C)cc2C(C)C)c1O. The maximum absolute atomic E-state index is 12.8. The summed E-state index contributed by atoms with van der Waals surface area (Å²) >= 11 is 0. The largest absolute Gasteiger partial charge is 0.507 e. The molecule has 0 saturated heterocycles. The van der Waals surface area contributed by atoms with Gasteiger partial charge < -0.3 is 19.8 Å². The van der Waals surface area contributed by atoms with Gasteiger partial charge in [-0.15, -0.1) is 0 Å². The molecule has 5 aromatic carbocycles. The van der Waals surface area contributed by atoms with E-state index in [4.69, 9.17) is 4.74 Å². The molecular formula is C55H73NO3. The van der Waals surface area contributed by atoms with Crippen molar-refractivity contribution in [3.63, 3.8) is 0 Å². The minimum Gasteiger partial charge on any atom is -0.507 e. The van der Waals surface area contributed by atoms with Gasteiger partial charge in [0.2, 0.25) is 0 Å². The number of phenols is 2. The summed E-state index contributed by atoms with van der Waals surface area (Å²) in [5, 5.41) is 25.5. The third-order valence-electron chi connectivity index (χ3n) is 12.2. The summed E-state index contributed by atoms with van der Waals surface area (Å²) in [4.78, 5) is 2.23. The molecule has 0 atom stereocenters. The Balaban J connectivity index is 1.91. The van der Waals surface area contributed by atoms with Gasteiger partial charge in [0.1, 0.15) is 11.5 Å². The normalized spacial score (nSPS) is 12.1. The Morgan fingerprint density at radius 3 is 1.00 bits per heavy atom. The molecule has 0 saturated carbocycles. The zero-order chi connectivity index (χ0) is 43.8. The molecule has 2 N–H and O–H groups in total. The maximum Gasteiger partial charge on any atom is 0.131 e. The van der Waals surface area contributed by atoms with E-state index in [1.807, 2.05) is 0 Å². The first-order valence-electron chi connectivity index (χ1n) is 22.1. The van der Waals surface area contributed by atoms with E-state index in [0.29, 0.717) is 25.0 Å². The molecule has 59 heavy (non-hydrogen) atoms. The van der Waals surface area contributed by atoms with E-state index < -0.39 is 0 Å². The van der Waals surface area contributed by atoms with Crippen molar-refractivity contribution in [3.8, 4) is 56.0 Å². The lowest BCUT2D eigenvalue weighted by atomic mass is 9.79. The van der Waals surface area contributed by atoms with Crippen LogP contribution < -0.4 is 4.90 Å². The third kappa shape index (κ3) is 9.29. The Morgan fingerprint density at radius 1 is 0.441 bits per heavy atom. The molecule has 0 spiro atoms. The Morgan fingerprint density at radius 2 is 0.729 bits per heavy atom. The van der Waals surface area contributed by atoms with Gasteiger partial charge in [-0.05, 0) is 154 Å². The van der Waals surface area contributed by atoms with Crippen LogP contribution in [0.2, 0.25) is 0 Å². The van der Waals surface area contributed by atoms with Crippen molar-refractivity contribution in [3.05, 3.63) is 111 Å². The zero-order valence-corrected chi connectivity index (χ0v) is 39.4. The Hall–Kier alpha value is -4.54. The highest BCUT2D eigenvalue weighted by molar-refractivity contribution is 5.99. The van der Waals surface area contributed by atoms with Gasteiger partial charge in [-0.2, -0.15) is 0 Å². The van der Waals surface area contributed by atoms with Crippen LogP contribution >= 0.6 is 0 Å². The van der Waals surface area contributed by atoms with Crippen LogP contribution in [0.1, 0.15) is 169 Å². The first kappa shape index (κ1) is 45.5. The molecule has 5 aromatic rings. The topological polar surface area (TPSA) is 52.9 Å². The number of likely N-dealkylation sites (N-methyl/N-ethyl adjacent to an activating group) is 1. The van der Waals surface area contributed by atoms with Crippen LogP contribution in [-0.2, 0) is 4.74 Å². The van der Waals surface area contributed by atoms with Gasteiger partial charge in [0.15, 0.2) is 0 Å². The number of methoxy groups -OCH3 is 1. The van der Waals surface area contributed by atoms with Gasteiger partial charge in [-0.1, -0.05) is 107 Å². The molecule has 0 aliphatic carbocycles. The third-order valence-corrected chi connectivity index (χ3v) is 12.2.